The molecule has 0 aliphatic carbocycles. The Morgan fingerprint density at radius 3 is 2.44 bits per heavy atom. The lowest BCUT2D eigenvalue weighted by atomic mass is 9.94. The second-order valence-electron chi connectivity index (χ2n) is 2.61. The molecule has 0 spiro atoms. The third kappa shape index (κ3) is 3.98. The molecule has 0 fully saturated rings. The van der Waals surface area contributed by atoms with Gasteiger partial charge in [0.05, 0.1) is 6.61 Å². The maximum atomic E-state index is 8.40. The van der Waals surface area contributed by atoms with Crippen molar-refractivity contribution in [2.45, 2.75) is 13.8 Å². The summed E-state index contributed by atoms with van der Waals surface area (Å²) in [7, 11) is 0. The Kier molecular flexibility index (Phi) is 3.25. The average molecular weight is 126 g/mol. The van der Waals surface area contributed by atoms with Crippen molar-refractivity contribution in [3.05, 3.63) is 24.8 Å². The molecular weight excluding hydrogens is 112 g/mol. The SMILES string of the molecule is C=CC(C)(C)C=CCO. The Hall–Kier alpha value is -0.560. The molecule has 0 unspecified atom stereocenters. The Morgan fingerprint density at radius 2 is 2.11 bits per heavy atom. The number of rotatable bonds is 3. The summed E-state index contributed by atoms with van der Waals surface area (Å²) in [6.07, 6.45) is 5.50. The van der Waals surface area contributed by atoms with Crippen LogP contribution < -0.4 is 0 Å². The van der Waals surface area contributed by atoms with Crippen LogP contribution in [0.1, 0.15) is 13.8 Å². The molecule has 0 bridgehead atoms. The fourth-order valence-electron chi connectivity index (χ4n) is 0.424. The molecule has 0 saturated heterocycles. The summed E-state index contributed by atoms with van der Waals surface area (Å²) < 4.78 is 0. The first-order valence-electron chi connectivity index (χ1n) is 3.04. The standard InChI is InChI=1S/C8H14O/c1-4-8(2,3)6-5-7-9/h4-6,9H,1,7H2,2-3H3. The third-order valence-corrected chi connectivity index (χ3v) is 1.18. The Balaban J connectivity index is 3.84. The highest BCUT2D eigenvalue weighted by Crippen LogP contribution is 2.16. The van der Waals surface area contributed by atoms with E-state index in [-0.39, 0.29) is 12.0 Å². The van der Waals surface area contributed by atoms with Crippen molar-refractivity contribution in [2.75, 3.05) is 6.61 Å². The first-order valence-corrected chi connectivity index (χ1v) is 3.04. The lowest BCUT2D eigenvalue weighted by molar-refractivity contribution is 0.341. The first kappa shape index (κ1) is 8.44. The van der Waals surface area contributed by atoms with Crippen molar-refractivity contribution in [1.82, 2.24) is 0 Å². The van der Waals surface area contributed by atoms with Crippen LogP contribution in [-0.2, 0) is 0 Å². The quantitative estimate of drug-likeness (QED) is 0.571. The summed E-state index contributed by atoms with van der Waals surface area (Å²) in [6, 6.07) is 0. The van der Waals surface area contributed by atoms with E-state index in [4.69, 9.17) is 5.11 Å². The highest BCUT2D eigenvalue weighted by molar-refractivity contribution is 5.04. The second kappa shape index (κ2) is 3.46. The Bertz CT molecular complexity index is 112. The van der Waals surface area contributed by atoms with Crippen molar-refractivity contribution in [2.24, 2.45) is 5.41 Å². The van der Waals surface area contributed by atoms with E-state index >= 15 is 0 Å². The molecule has 52 valence electrons. The van der Waals surface area contributed by atoms with Crippen molar-refractivity contribution >= 4 is 0 Å². The number of aliphatic hydroxyl groups excluding tert-OH is 1. The van der Waals surface area contributed by atoms with Crippen LogP contribution in [0.2, 0.25) is 0 Å². The molecule has 9 heavy (non-hydrogen) atoms. The van der Waals surface area contributed by atoms with Gasteiger partial charge in [0.15, 0.2) is 0 Å². The summed E-state index contributed by atoms with van der Waals surface area (Å²) in [4.78, 5) is 0. The number of hydrogen-bond acceptors (Lipinski definition) is 1. The first-order chi connectivity index (χ1) is 4.12. The summed E-state index contributed by atoms with van der Waals surface area (Å²) in [5.74, 6) is 0. The highest BCUT2D eigenvalue weighted by atomic mass is 16.2. The van der Waals surface area contributed by atoms with Gasteiger partial charge in [-0.1, -0.05) is 32.1 Å². The monoisotopic (exact) mass is 126 g/mol. The third-order valence-electron chi connectivity index (χ3n) is 1.18. The Morgan fingerprint density at radius 1 is 1.56 bits per heavy atom. The van der Waals surface area contributed by atoms with Crippen molar-refractivity contribution in [1.29, 1.82) is 0 Å². The van der Waals surface area contributed by atoms with E-state index in [1.165, 1.54) is 0 Å². The van der Waals surface area contributed by atoms with Crippen LogP contribution in [0.4, 0.5) is 0 Å². The largest absolute Gasteiger partial charge is 0.392 e. The molecule has 0 rings (SSSR count). The zero-order valence-electron chi connectivity index (χ0n) is 6.09. The number of aliphatic hydroxyl groups is 1. The van der Waals surface area contributed by atoms with Gasteiger partial charge in [-0.05, 0) is 0 Å². The van der Waals surface area contributed by atoms with Crippen LogP contribution in [0.25, 0.3) is 0 Å². The summed E-state index contributed by atoms with van der Waals surface area (Å²) in [5.41, 5.74) is 0.0166. The van der Waals surface area contributed by atoms with Crippen LogP contribution in [-0.4, -0.2) is 11.7 Å². The fraction of sp³-hybridized carbons (Fsp3) is 0.500. The maximum absolute atomic E-state index is 8.40. The van der Waals surface area contributed by atoms with Crippen LogP contribution >= 0.6 is 0 Å². The molecule has 0 aliphatic heterocycles. The van der Waals surface area contributed by atoms with Gasteiger partial charge in [0.1, 0.15) is 0 Å². The van der Waals surface area contributed by atoms with Gasteiger partial charge < -0.3 is 5.11 Å². The van der Waals surface area contributed by atoms with E-state index in [9.17, 15) is 0 Å². The minimum Gasteiger partial charge on any atom is -0.392 e. The molecule has 0 amide bonds. The summed E-state index contributed by atoms with van der Waals surface area (Å²) in [5, 5.41) is 8.40. The fourth-order valence-corrected chi connectivity index (χ4v) is 0.424. The smallest absolute Gasteiger partial charge is 0.0612 e. The second-order valence-corrected chi connectivity index (χ2v) is 2.61. The molecule has 0 heterocycles. The van der Waals surface area contributed by atoms with Gasteiger partial charge in [0.2, 0.25) is 0 Å². The molecule has 0 radical (unpaired) electrons. The highest BCUT2D eigenvalue weighted by Gasteiger charge is 2.05. The molecule has 1 N–H and O–H groups in total. The van der Waals surface area contributed by atoms with E-state index in [1.807, 2.05) is 26.0 Å². The predicted molar refractivity (Wildman–Crippen MR) is 40.2 cm³/mol. The zero-order chi connectivity index (χ0) is 7.33. The molecule has 1 nitrogen and oxygen atoms in total. The van der Waals surface area contributed by atoms with Gasteiger partial charge in [0, 0.05) is 5.41 Å². The van der Waals surface area contributed by atoms with Gasteiger partial charge in [-0.3, -0.25) is 0 Å². The molecule has 1 heteroatoms. The van der Waals surface area contributed by atoms with Crippen LogP contribution in [0.3, 0.4) is 0 Å². The summed E-state index contributed by atoms with van der Waals surface area (Å²) >= 11 is 0. The van der Waals surface area contributed by atoms with Gasteiger partial charge in [-0.2, -0.15) is 0 Å². The van der Waals surface area contributed by atoms with Crippen molar-refractivity contribution < 1.29 is 5.11 Å². The van der Waals surface area contributed by atoms with Crippen molar-refractivity contribution in [3.8, 4) is 0 Å². The minimum absolute atomic E-state index is 0.0166. The lowest BCUT2D eigenvalue weighted by Gasteiger charge is -2.12. The normalized spacial score (nSPS) is 12.3. The number of hydrogen-bond donors (Lipinski definition) is 1. The molecule has 0 saturated carbocycles. The minimum atomic E-state index is 0.0166. The molecular formula is C8H14O. The van der Waals surface area contributed by atoms with E-state index in [1.54, 1.807) is 6.08 Å². The lowest BCUT2D eigenvalue weighted by Crippen LogP contribution is -2.01. The molecule has 0 aliphatic rings. The summed E-state index contributed by atoms with van der Waals surface area (Å²) in [6.45, 7) is 7.83. The van der Waals surface area contributed by atoms with Crippen LogP contribution in [0, 0.1) is 5.41 Å². The maximum Gasteiger partial charge on any atom is 0.0612 e. The predicted octanol–water partition coefficient (Wildman–Crippen LogP) is 1.75. The number of allylic oxidation sites excluding steroid dienone is 2. The average Bonchev–Trinajstić information content (AvgIpc) is 1.84. The Labute approximate surface area is 56.7 Å². The van der Waals surface area contributed by atoms with Gasteiger partial charge >= 0.3 is 0 Å². The van der Waals surface area contributed by atoms with Gasteiger partial charge in [0.25, 0.3) is 0 Å². The molecule has 0 aromatic heterocycles. The van der Waals surface area contributed by atoms with E-state index in [0.29, 0.717) is 0 Å². The zero-order valence-corrected chi connectivity index (χ0v) is 6.09. The molecule has 0 atom stereocenters. The van der Waals surface area contributed by atoms with Gasteiger partial charge in [-0.15, -0.1) is 6.58 Å². The molecule has 0 aromatic rings. The van der Waals surface area contributed by atoms with E-state index < -0.39 is 0 Å². The van der Waals surface area contributed by atoms with E-state index in [2.05, 4.69) is 6.58 Å². The van der Waals surface area contributed by atoms with E-state index in [0.717, 1.165) is 0 Å². The van der Waals surface area contributed by atoms with Crippen LogP contribution in [0.15, 0.2) is 24.8 Å². The van der Waals surface area contributed by atoms with Gasteiger partial charge in [-0.25, -0.2) is 0 Å². The molecule has 0 aromatic carbocycles. The van der Waals surface area contributed by atoms with Crippen LogP contribution in [0.5, 0.6) is 0 Å². The topological polar surface area (TPSA) is 20.2 Å². The van der Waals surface area contributed by atoms with Crippen molar-refractivity contribution in [3.63, 3.8) is 0 Å².